The number of esters is 2. The molecule has 0 unspecified atom stereocenters. The molecule has 0 spiro atoms. The Kier molecular flexibility index (Phi) is 9.88. The lowest BCUT2D eigenvalue weighted by Gasteiger charge is -2.17. The number of Topliss-reactive ketones (excluding diaryl/α,β-unsaturated/α-hetero) is 1. The number of ketones is 1. The molecule has 1 aliphatic carbocycles. The Morgan fingerprint density at radius 1 is 1.26 bits per heavy atom. The van der Waals surface area contributed by atoms with Crippen molar-refractivity contribution in [1.29, 1.82) is 0 Å². The van der Waals surface area contributed by atoms with Crippen LogP contribution in [0.1, 0.15) is 62.7 Å². The third-order valence-corrected chi connectivity index (χ3v) is 5.36. The third-order valence-electron chi connectivity index (χ3n) is 5.36. The summed E-state index contributed by atoms with van der Waals surface area (Å²) < 4.78 is 10.2. The van der Waals surface area contributed by atoms with E-state index in [1.807, 2.05) is 0 Å². The summed E-state index contributed by atoms with van der Waals surface area (Å²) in [6, 6.07) is 6.07. The second kappa shape index (κ2) is 12.4. The lowest BCUT2D eigenvalue weighted by molar-refractivity contribution is -0.138. The molecule has 4 atom stereocenters. The van der Waals surface area contributed by atoms with Gasteiger partial charge in [-0.05, 0) is 31.5 Å². The molecule has 1 fully saturated rings. The minimum atomic E-state index is -0.892. The van der Waals surface area contributed by atoms with Crippen molar-refractivity contribution >= 4 is 17.7 Å². The number of ether oxygens (including phenoxy) is 2. The molecule has 2 rings (SSSR count). The molecule has 0 saturated heterocycles. The summed E-state index contributed by atoms with van der Waals surface area (Å²) in [5, 5.41) is 20.3. The average molecular weight is 433 g/mol. The predicted octanol–water partition coefficient (Wildman–Crippen LogP) is 3.22. The number of carbonyl (C=O) groups excluding carboxylic acids is 3. The minimum Gasteiger partial charge on any atom is -0.462 e. The Hall–Kier alpha value is -2.51. The Balaban J connectivity index is 1.99. The maximum Gasteiger partial charge on any atom is 0.338 e. The predicted molar refractivity (Wildman–Crippen MR) is 115 cm³/mol. The second-order valence-electron chi connectivity index (χ2n) is 7.80. The minimum absolute atomic E-state index is 0.0305. The molecule has 1 aromatic rings. The number of aliphatic hydroxyl groups excluding tert-OH is 2. The van der Waals surface area contributed by atoms with Crippen LogP contribution in [0.3, 0.4) is 0 Å². The van der Waals surface area contributed by atoms with E-state index in [1.54, 1.807) is 31.2 Å². The molecule has 1 saturated carbocycles. The first kappa shape index (κ1) is 24.8. The molecule has 2 N–H and O–H groups in total. The number of unbranched alkanes of at least 4 members (excludes halogenated alkanes) is 2. The topological polar surface area (TPSA) is 110 Å². The molecule has 0 aromatic heterocycles. The largest absolute Gasteiger partial charge is 0.462 e. The van der Waals surface area contributed by atoms with E-state index in [9.17, 15) is 24.6 Å². The lowest BCUT2D eigenvalue weighted by atomic mass is 9.90. The number of rotatable bonds is 11. The van der Waals surface area contributed by atoms with E-state index in [2.05, 4.69) is 6.92 Å². The quantitative estimate of drug-likeness (QED) is 0.239. The number of hydrogen-bond donors (Lipinski definition) is 2. The number of aliphatic hydroxyl groups is 2. The highest BCUT2D eigenvalue weighted by Crippen LogP contribution is 2.33. The fourth-order valence-corrected chi connectivity index (χ4v) is 3.70. The van der Waals surface area contributed by atoms with E-state index in [0.717, 1.165) is 19.3 Å². The van der Waals surface area contributed by atoms with Gasteiger partial charge in [-0.25, -0.2) is 4.79 Å². The van der Waals surface area contributed by atoms with Crippen molar-refractivity contribution in [3.8, 4) is 5.75 Å². The molecular formula is C24H32O7. The van der Waals surface area contributed by atoms with Crippen molar-refractivity contribution in [2.75, 3.05) is 6.61 Å². The van der Waals surface area contributed by atoms with Crippen LogP contribution in [0, 0.1) is 11.8 Å². The van der Waals surface area contributed by atoms with Crippen molar-refractivity contribution in [2.45, 2.75) is 64.6 Å². The van der Waals surface area contributed by atoms with Crippen LogP contribution in [0.4, 0.5) is 0 Å². The molecule has 0 radical (unpaired) electrons. The Bertz CT molecular complexity index is 786. The number of hydrogen-bond acceptors (Lipinski definition) is 7. The molecule has 1 aromatic carbocycles. The van der Waals surface area contributed by atoms with Crippen molar-refractivity contribution in [3.05, 3.63) is 42.0 Å². The average Bonchev–Trinajstić information content (AvgIpc) is 2.99. The first-order chi connectivity index (χ1) is 14.8. The zero-order chi connectivity index (χ0) is 22.8. The summed E-state index contributed by atoms with van der Waals surface area (Å²) in [6.45, 7) is 4.01. The zero-order valence-electron chi connectivity index (χ0n) is 18.2. The van der Waals surface area contributed by atoms with Crippen LogP contribution in [0.2, 0.25) is 0 Å². The van der Waals surface area contributed by atoms with E-state index in [1.165, 1.54) is 12.1 Å². The van der Waals surface area contributed by atoms with E-state index in [4.69, 9.17) is 9.47 Å². The summed E-state index contributed by atoms with van der Waals surface area (Å²) in [5.74, 6) is -2.44. The third kappa shape index (κ3) is 7.60. The van der Waals surface area contributed by atoms with Crippen LogP contribution in [0.5, 0.6) is 5.75 Å². The van der Waals surface area contributed by atoms with Crippen molar-refractivity contribution in [2.24, 2.45) is 11.8 Å². The van der Waals surface area contributed by atoms with Crippen LogP contribution in [-0.2, 0) is 14.3 Å². The van der Waals surface area contributed by atoms with E-state index in [-0.39, 0.29) is 36.5 Å². The summed E-state index contributed by atoms with van der Waals surface area (Å²) >= 11 is 0. The molecule has 0 heterocycles. The maximum absolute atomic E-state index is 12.4. The highest BCUT2D eigenvalue weighted by atomic mass is 16.5. The lowest BCUT2D eigenvalue weighted by Crippen LogP contribution is -2.24. The van der Waals surface area contributed by atoms with Gasteiger partial charge in [-0.2, -0.15) is 0 Å². The van der Waals surface area contributed by atoms with Crippen molar-refractivity contribution in [1.82, 2.24) is 0 Å². The summed E-state index contributed by atoms with van der Waals surface area (Å²) in [6.07, 6.45) is 5.08. The van der Waals surface area contributed by atoms with Crippen LogP contribution < -0.4 is 4.74 Å². The van der Waals surface area contributed by atoms with Gasteiger partial charge in [-0.3, -0.25) is 9.59 Å². The van der Waals surface area contributed by atoms with Gasteiger partial charge in [-0.1, -0.05) is 44.4 Å². The van der Waals surface area contributed by atoms with Gasteiger partial charge in [0.25, 0.3) is 0 Å². The Morgan fingerprint density at radius 2 is 2.03 bits per heavy atom. The van der Waals surface area contributed by atoms with Gasteiger partial charge in [0.1, 0.15) is 11.5 Å². The fourth-order valence-electron chi connectivity index (χ4n) is 3.70. The van der Waals surface area contributed by atoms with E-state index < -0.39 is 36.0 Å². The van der Waals surface area contributed by atoms with Gasteiger partial charge < -0.3 is 19.7 Å². The standard InChI is InChI=1S/C24H32O7/c1-3-5-6-9-17(25)11-12-19-20(22(27)15-21(19)26)14-23(28)31-18-10-7-8-16(13-18)24(29)30-4-2/h7-8,10-13,17,19-21,25-26H,3-6,9,14-15H2,1-2H3/t17-,19+,20+,21+/m0/s1. The van der Waals surface area contributed by atoms with Crippen molar-refractivity contribution in [3.63, 3.8) is 0 Å². The monoisotopic (exact) mass is 432 g/mol. The molecular weight excluding hydrogens is 400 g/mol. The number of carbonyl (C=O) groups is 3. The van der Waals surface area contributed by atoms with Gasteiger partial charge in [-0.15, -0.1) is 0 Å². The molecule has 0 amide bonds. The molecule has 1 aliphatic rings. The van der Waals surface area contributed by atoms with Gasteiger partial charge in [0, 0.05) is 18.3 Å². The van der Waals surface area contributed by atoms with Crippen molar-refractivity contribution < 1.29 is 34.1 Å². The van der Waals surface area contributed by atoms with Crippen LogP contribution in [0.25, 0.3) is 0 Å². The molecule has 31 heavy (non-hydrogen) atoms. The smallest absolute Gasteiger partial charge is 0.338 e. The van der Waals surface area contributed by atoms with Gasteiger partial charge >= 0.3 is 11.9 Å². The SMILES string of the molecule is CCCCC[C@H](O)C=C[C@H]1[C@H](O)CC(=O)[C@@H]1CC(=O)Oc1cccc(C(=O)OCC)c1. The Labute approximate surface area is 183 Å². The second-order valence-corrected chi connectivity index (χ2v) is 7.80. The molecule has 7 heteroatoms. The molecule has 170 valence electrons. The fraction of sp³-hybridized carbons (Fsp3) is 0.542. The summed E-state index contributed by atoms with van der Waals surface area (Å²) in [7, 11) is 0. The molecule has 0 bridgehead atoms. The number of benzene rings is 1. The Morgan fingerprint density at radius 3 is 2.74 bits per heavy atom. The van der Waals surface area contributed by atoms with Gasteiger partial charge in [0.05, 0.1) is 30.8 Å². The summed E-state index contributed by atoms with van der Waals surface area (Å²) in [4.78, 5) is 36.6. The highest BCUT2D eigenvalue weighted by Gasteiger charge is 2.41. The maximum atomic E-state index is 12.4. The van der Waals surface area contributed by atoms with Gasteiger partial charge in [0.2, 0.25) is 0 Å². The van der Waals surface area contributed by atoms with E-state index in [0.29, 0.717) is 6.42 Å². The first-order valence-electron chi connectivity index (χ1n) is 10.9. The highest BCUT2D eigenvalue weighted by molar-refractivity contribution is 5.91. The normalized spacial score (nSPS) is 21.9. The molecule has 7 nitrogen and oxygen atoms in total. The van der Waals surface area contributed by atoms with E-state index >= 15 is 0 Å². The zero-order valence-corrected chi connectivity index (χ0v) is 18.2. The van der Waals surface area contributed by atoms with Crippen LogP contribution >= 0.6 is 0 Å². The molecule has 0 aliphatic heterocycles. The first-order valence-corrected chi connectivity index (χ1v) is 10.9. The van der Waals surface area contributed by atoms with Crippen LogP contribution in [-0.4, -0.2) is 46.7 Å². The van der Waals surface area contributed by atoms with Crippen LogP contribution in [0.15, 0.2) is 36.4 Å². The van der Waals surface area contributed by atoms with Gasteiger partial charge in [0.15, 0.2) is 0 Å². The summed E-state index contributed by atoms with van der Waals surface area (Å²) in [5.41, 5.74) is 0.261.